The normalized spacial score (nSPS) is 11.6. The van der Waals surface area contributed by atoms with Gasteiger partial charge in [0, 0.05) is 28.0 Å². The van der Waals surface area contributed by atoms with E-state index in [1.807, 2.05) is 78.9 Å². The van der Waals surface area contributed by atoms with Gasteiger partial charge in [-0.3, -0.25) is 14.3 Å². The molecule has 1 atom stereocenters. The van der Waals surface area contributed by atoms with Crippen LogP contribution in [-0.4, -0.2) is 34.7 Å². The molecule has 0 spiro atoms. The van der Waals surface area contributed by atoms with E-state index in [0.717, 1.165) is 25.6 Å². The smallest absolute Gasteiger partial charge is 0.270 e. The van der Waals surface area contributed by atoms with Gasteiger partial charge in [-0.05, 0) is 41.5 Å². The molecule has 1 aromatic heterocycles. The SMILES string of the molecule is CNC(=O)[C@H](Cc1cccc(Br)c1)NC(=O)c1cc(-c2ccccc2)nn1Cc1cccc(Br)c1. The van der Waals surface area contributed by atoms with E-state index in [-0.39, 0.29) is 11.8 Å². The van der Waals surface area contributed by atoms with Crippen LogP contribution < -0.4 is 10.6 Å². The third-order valence-corrected chi connectivity index (χ3v) is 6.49. The van der Waals surface area contributed by atoms with E-state index in [0.29, 0.717) is 24.4 Å². The maximum absolute atomic E-state index is 13.5. The number of aromatic nitrogens is 2. The van der Waals surface area contributed by atoms with Gasteiger partial charge in [0.05, 0.1) is 12.2 Å². The zero-order chi connectivity index (χ0) is 24.8. The molecule has 0 aliphatic rings. The van der Waals surface area contributed by atoms with E-state index in [2.05, 4.69) is 42.5 Å². The Morgan fingerprint density at radius 2 is 1.54 bits per heavy atom. The highest BCUT2D eigenvalue weighted by atomic mass is 79.9. The molecule has 0 aliphatic heterocycles. The van der Waals surface area contributed by atoms with Crippen LogP contribution >= 0.6 is 31.9 Å². The molecule has 4 aromatic rings. The zero-order valence-corrected chi connectivity index (χ0v) is 22.2. The number of carbonyl (C=O) groups excluding carboxylic acids is 2. The van der Waals surface area contributed by atoms with E-state index in [1.54, 1.807) is 17.8 Å². The second-order valence-electron chi connectivity index (χ2n) is 8.04. The maximum Gasteiger partial charge on any atom is 0.270 e. The summed E-state index contributed by atoms with van der Waals surface area (Å²) in [5, 5.41) is 10.3. The first kappa shape index (κ1) is 24.9. The molecule has 0 fully saturated rings. The number of hydrogen-bond donors (Lipinski definition) is 2. The average molecular weight is 596 g/mol. The minimum Gasteiger partial charge on any atom is -0.357 e. The second-order valence-corrected chi connectivity index (χ2v) is 9.87. The summed E-state index contributed by atoms with van der Waals surface area (Å²) >= 11 is 6.96. The van der Waals surface area contributed by atoms with Gasteiger partial charge in [0.15, 0.2) is 0 Å². The summed E-state index contributed by atoms with van der Waals surface area (Å²) < 4.78 is 3.54. The van der Waals surface area contributed by atoms with Crippen LogP contribution in [0.4, 0.5) is 0 Å². The lowest BCUT2D eigenvalue weighted by atomic mass is 10.0. The number of likely N-dealkylation sites (N-methyl/N-ethyl adjacent to an activating group) is 1. The summed E-state index contributed by atoms with van der Waals surface area (Å²) in [6, 6.07) is 26.3. The first-order chi connectivity index (χ1) is 16.9. The van der Waals surface area contributed by atoms with Crippen LogP contribution in [0.5, 0.6) is 0 Å². The minimum atomic E-state index is -0.740. The van der Waals surface area contributed by atoms with Gasteiger partial charge in [0.1, 0.15) is 11.7 Å². The number of nitrogens with zero attached hydrogens (tertiary/aromatic N) is 2. The first-order valence-electron chi connectivity index (χ1n) is 11.1. The molecule has 0 saturated carbocycles. The summed E-state index contributed by atoms with van der Waals surface area (Å²) in [7, 11) is 1.56. The van der Waals surface area contributed by atoms with Gasteiger partial charge in [-0.15, -0.1) is 0 Å². The van der Waals surface area contributed by atoms with Crippen LogP contribution in [0.25, 0.3) is 11.3 Å². The zero-order valence-electron chi connectivity index (χ0n) is 19.0. The van der Waals surface area contributed by atoms with E-state index < -0.39 is 6.04 Å². The molecule has 4 rings (SSSR count). The second kappa shape index (κ2) is 11.5. The topological polar surface area (TPSA) is 76.0 Å². The molecular formula is C27H24Br2N4O2. The summed E-state index contributed by atoms with van der Waals surface area (Å²) in [5.74, 6) is -0.627. The Labute approximate surface area is 221 Å². The van der Waals surface area contributed by atoms with Crippen LogP contribution in [-0.2, 0) is 17.8 Å². The fourth-order valence-electron chi connectivity index (χ4n) is 3.79. The standard InChI is InChI=1S/C27H24Br2N4O2/c1-30-26(34)24(15-18-7-5-11-21(28)13-18)31-27(35)25-16-23(20-9-3-2-4-10-20)32-33(25)17-19-8-6-12-22(29)14-19/h2-14,16,24H,15,17H2,1H3,(H,30,34)(H,31,35)/t24-/m0/s1. The van der Waals surface area contributed by atoms with Gasteiger partial charge in [-0.1, -0.05) is 86.5 Å². The van der Waals surface area contributed by atoms with Crippen molar-refractivity contribution in [2.75, 3.05) is 7.05 Å². The van der Waals surface area contributed by atoms with E-state index >= 15 is 0 Å². The Kier molecular flexibility index (Phi) is 8.15. The first-order valence-corrected chi connectivity index (χ1v) is 12.7. The predicted octanol–water partition coefficient (Wildman–Crippen LogP) is 5.21. The minimum absolute atomic E-state index is 0.264. The van der Waals surface area contributed by atoms with Gasteiger partial charge in [-0.25, -0.2) is 0 Å². The van der Waals surface area contributed by atoms with Crippen molar-refractivity contribution in [3.63, 3.8) is 0 Å². The van der Waals surface area contributed by atoms with Crippen molar-refractivity contribution in [3.05, 3.63) is 111 Å². The van der Waals surface area contributed by atoms with E-state index in [1.165, 1.54) is 0 Å². The van der Waals surface area contributed by atoms with Gasteiger partial charge in [-0.2, -0.15) is 5.10 Å². The average Bonchev–Trinajstić information content (AvgIpc) is 3.27. The van der Waals surface area contributed by atoms with Crippen molar-refractivity contribution in [1.29, 1.82) is 0 Å². The Bertz CT molecular complexity index is 1340. The molecular weight excluding hydrogens is 572 g/mol. The van der Waals surface area contributed by atoms with Crippen LogP contribution in [0.2, 0.25) is 0 Å². The highest BCUT2D eigenvalue weighted by Crippen LogP contribution is 2.21. The van der Waals surface area contributed by atoms with Crippen molar-refractivity contribution < 1.29 is 9.59 Å². The van der Waals surface area contributed by atoms with Crippen LogP contribution in [0.3, 0.4) is 0 Å². The van der Waals surface area contributed by atoms with Crippen molar-refractivity contribution >= 4 is 43.7 Å². The summed E-state index contributed by atoms with van der Waals surface area (Å²) in [5.41, 5.74) is 3.90. The van der Waals surface area contributed by atoms with Crippen molar-refractivity contribution in [2.45, 2.75) is 19.0 Å². The predicted molar refractivity (Wildman–Crippen MR) is 144 cm³/mol. The fourth-order valence-corrected chi connectivity index (χ4v) is 4.69. The van der Waals surface area contributed by atoms with Crippen LogP contribution in [0.15, 0.2) is 93.9 Å². The number of carbonyl (C=O) groups is 2. The Morgan fingerprint density at radius 1 is 0.886 bits per heavy atom. The summed E-state index contributed by atoms with van der Waals surface area (Å²) in [4.78, 5) is 26.1. The molecule has 1 heterocycles. The summed E-state index contributed by atoms with van der Waals surface area (Å²) in [6.45, 7) is 0.408. The lowest BCUT2D eigenvalue weighted by Crippen LogP contribution is -2.47. The number of benzene rings is 3. The molecule has 8 heteroatoms. The van der Waals surface area contributed by atoms with Crippen LogP contribution in [0.1, 0.15) is 21.6 Å². The van der Waals surface area contributed by atoms with Gasteiger partial charge in [0.25, 0.3) is 5.91 Å². The largest absolute Gasteiger partial charge is 0.357 e. The number of nitrogens with one attached hydrogen (secondary N) is 2. The molecule has 3 aromatic carbocycles. The number of amides is 2. The molecule has 0 radical (unpaired) electrons. The molecule has 0 saturated heterocycles. The summed E-state index contributed by atoms with van der Waals surface area (Å²) in [6.07, 6.45) is 0.357. The molecule has 2 N–H and O–H groups in total. The quantitative estimate of drug-likeness (QED) is 0.294. The van der Waals surface area contributed by atoms with E-state index in [4.69, 9.17) is 5.10 Å². The van der Waals surface area contributed by atoms with Crippen molar-refractivity contribution in [2.24, 2.45) is 0 Å². The van der Waals surface area contributed by atoms with Crippen molar-refractivity contribution in [3.8, 4) is 11.3 Å². The molecule has 0 bridgehead atoms. The number of rotatable bonds is 8. The highest BCUT2D eigenvalue weighted by Gasteiger charge is 2.24. The fraction of sp³-hybridized carbons (Fsp3) is 0.148. The molecule has 2 amide bonds. The highest BCUT2D eigenvalue weighted by molar-refractivity contribution is 9.10. The molecule has 178 valence electrons. The lowest BCUT2D eigenvalue weighted by Gasteiger charge is -2.18. The molecule has 6 nitrogen and oxygen atoms in total. The lowest BCUT2D eigenvalue weighted by molar-refractivity contribution is -0.122. The molecule has 35 heavy (non-hydrogen) atoms. The number of halogens is 2. The van der Waals surface area contributed by atoms with Gasteiger partial charge in [0.2, 0.25) is 5.91 Å². The van der Waals surface area contributed by atoms with E-state index in [9.17, 15) is 9.59 Å². The number of hydrogen-bond acceptors (Lipinski definition) is 3. The monoisotopic (exact) mass is 594 g/mol. The third kappa shape index (κ3) is 6.46. The molecule has 0 aliphatic carbocycles. The van der Waals surface area contributed by atoms with Crippen molar-refractivity contribution in [1.82, 2.24) is 20.4 Å². The van der Waals surface area contributed by atoms with Gasteiger partial charge >= 0.3 is 0 Å². The maximum atomic E-state index is 13.5. The van der Waals surface area contributed by atoms with Gasteiger partial charge < -0.3 is 10.6 Å². The molecule has 0 unspecified atom stereocenters. The Hall–Kier alpha value is -3.23. The Balaban J connectivity index is 1.65. The van der Waals surface area contributed by atoms with Crippen LogP contribution in [0, 0.1) is 0 Å². The Morgan fingerprint density at radius 3 is 2.20 bits per heavy atom. The third-order valence-electron chi connectivity index (χ3n) is 5.50.